The summed E-state index contributed by atoms with van der Waals surface area (Å²) in [5.41, 5.74) is 1.56. The van der Waals surface area contributed by atoms with Crippen LogP contribution in [0.1, 0.15) is 78.8 Å². The number of carbonyl (C=O) groups is 4. The van der Waals surface area contributed by atoms with Gasteiger partial charge in [0.15, 0.2) is 16.9 Å². The average molecular weight is 768 g/mol. The predicted octanol–water partition coefficient (Wildman–Crippen LogP) is 5.06. The number of fused-ring (bicyclic) bond motifs is 1. The molecule has 2 aromatic heterocycles. The molecule has 54 heavy (non-hydrogen) atoms. The van der Waals surface area contributed by atoms with Gasteiger partial charge in [-0.3, -0.25) is 37.7 Å². The zero-order valence-corrected chi connectivity index (χ0v) is 30.6. The monoisotopic (exact) mass is 767 g/mol. The number of aliphatic carboxylic acids is 2. The Balaban J connectivity index is 1.32. The first-order valence-corrected chi connectivity index (χ1v) is 18.7. The number of aromatic nitrogens is 4. The van der Waals surface area contributed by atoms with Crippen molar-refractivity contribution in [2.45, 2.75) is 65.0 Å². The Kier molecular flexibility index (Phi) is 15.3. The Morgan fingerprint density at radius 3 is 2.31 bits per heavy atom. The highest BCUT2D eigenvalue weighted by atomic mass is 31.2. The van der Waals surface area contributed by atoms with E-state index in [2.05, 4.69) is 35.9 Å². The van der Waals surface area contributed by atoms with Crippen LogP contribution in [-0.2, 0) is 34.3 Å². The van der Waals surface area contributed by atoms with E-state index in [1.165, 1.54) is 18.3 Å². The summed E-state index contributed by atoms with van der Waals surface area (Å²) in [7, 11) is -3.57. The fourth-order valence-corrected chi connectivity index (χ4v) is 6.27. The molecule has 4 rings (SSSR count). The van der Waals surface area contributed by atoms with Crippen molar-refractivity contribution in [2.24, 2.45) is 0 Å². The third-order valence-corrected chi connectivity index (χ3v) is 9.34. The number of hydrogen-bond acceptors (Lipinski definition) is 14. The number of rotatable bonds is 23. The van der Waals surface area contributed by atoms with E-state index in [-0.39, 0.29) is 67.7 Å². The van der Waals surface area contributed by atoms with Gasteiger partial charge in [0.05, 0.1) is 43.9 Å². The molecular weight excluding hydrogens is 725 g/mol. The number of H-pyrrole nitrogens is 1. The highest BCUT2D eigenvalue weighted by Gasteiger charge is 2.25. The van der Waals surface area contributed by atoms with Crippen molar-refractivity contribution in [3.05, 3.63) is 81.9 Å². The molecule has 0 radical (unpaired) electrons. The van der Waals surface area contributed by atoms with Crippen molar-refractivity contribution in [3.63, 3.8) is 0 Å². The molecule has 1 amide bonds. The minimum atomic E-state index is -3.57. The van der Waals surface area contributed by atoms with Crippen LogP contribution in [0, 0.1) is 0 Å². The number of carboxylic acids is 2. The first-order valence-electron chi connectivity index (χ1n) is 17.2. The SMILES string of the molecule is CCOP(=O)(OCC)OCCCCCC(=O)c1ccccc1Nc1nc2ncc(CNc3ccc(C(=O)N[C@@H](CCC(=O)O)C(=O)O)cc3)nc2c(=O)[nH]1. The molecule has 1 atom stereocenters. The van der Waals surface area contributed by atoms with Crippen LogP contribution in [0.3, 0.4) is 0 Å². The molecule has 18 nitrogen and oxygen atoms in total. The minimum absolute atomic E-state index is 0.00467. The van der Waals surface area contributed by atoms with E-state index in [1.54, 1.807) is 50.2 Å². The molecule has 0 saturated heterocycles. The lowest BCUT2D eigenvalue weighted by atomic mass is 10.0. The predicted molar refractivity (Wildman–Crippen MR) is 197 cm³/mol. The number of nitrogens with one attached hydrogen (secondary N) is 4. The summed E-state index contributed by atoms with van der Waals surface area (Å²) in [6, 6.07) is 11.6. The maximum absolute atomic E-state index is 13.1. The van der Waals surface area contributed by atoms with Crippen molar-refractivity contribution < 1.29 is 47.5 Å². The Morgan fingerprint density at radius 2 is 1.63 bits per heavy atom. The molecule has 2 heterocycles. The number of unbranched alkanes of at least 4 members (excludes halogenated alkanes) is 2. The third-order valence-electron chi connectivity index (χ3n) is 7.69. The highest BCUT2D eigenvalue weighted by Crippen LogP contribution is 2.49. The summed E-state index contributed by atoms with van der Waals surface area (Å²) in [5, 5.41) is 26.5. The van der Waals surface area contributed by atoms with Gasteiger partial charge in [0.2, 0.25) is 5.95 Å². The Morgan fingerprint density at radius 1 is 0.907 bits per heavy atom. The first kappa shape index (κ1) is 41.2. The molecule has 0 unspecified atom stereocenters. The molecule has 0 aliphatic carbocycles. The van der Waals surface area contributed by atoms with Gasteiger partial charge in [-0.1, -0.05) is 18.6 Å². The maximum atomic E-state index is 13.1. The summed E-state index contributed by atoms with van der Waals surface area (Å²) < 4.78 is 27.9. The van der Waals surface area contributed by atoms with Gasteiger partial charge < -0.3 is 26.2 Å². The summed E-state index contributed by atoms with van der Waals surface area (Å²) >= 11 is 0. The lowest BCUT2D eigenvalue weighted by Gasteiger charge is -2.16. The van der Waals surface area contributed by atoms with Crippen LogP contribution < -0.4 is 21.5 Å². The van der Waals surface area contributed by atoms with E-state index in [9.17, 15) is 33.6 Å². The number of aromatic amines is 1. The molecule has 0 aliphatic heterocycles. The van der Waals surface area contributed by atoms with E-state index < -0.39 is 43.7 Å². The number of carbonyl (C=O) groups excluding carboxylic acids is 2. The highest BCUT2D eigenvalue weighted by molar-refractivity contribution is 7.48. The number of para-hydroxylation sites is 1. The van der Waals surface area contributed by atoms with Crippen LogP contribution in [-0.4, -0.2) is 79.6 Å². The van der Waals surface area contributed by atoms with E-state index in [4.69, 9.17) is 18.7 Å². The molecule has 0 saturated carbocycles. The molecule has 0 bridgehead atoms. The van der Waals surface area contributed by atoms with Gasteiger partial charge in [-0.25, -0.2) is 19.3 Å². The molecule has 2 aromatic carbocycles. The fraction of sp³-hybridized carbons (Fsp3) is 0.371. The van der Waals surface area contributed by atoms with Crippen molar-refractivity contribution in [2.75, 3.05) is 30.5 Å². The number of phosphoric ester groups is 1. The van der Waals surface area contributed by atoms with Crippen LogP contribution in [0.4, 0.5) is 17.3 Å². The van der Waals surface area contributed by atoms with Crippen LogP contribution >= 0.6 is 7.82 Å². The number of hydrogen-bond donors (Lipinski definition) is 6. The van der Waals surface area contributed by atoms with Crippen LogP contribution in [0.2, 0.25) is 0 Å². The van der Waals surface area contributed by atoms with E-state index >= 15 is 0 Å². The fourth-order valence-electron chi connectivity index (χ4n) is 5.06. The molecule has 288 valence electrons. The number of nitrogens with zero attached hydrogens (tertiary/aromatic N) is 3. The number of Topliss-reactive ketones (excluding diaryl/α,β-unsaturated/α-hetero) is 1. The van der Waals surface area contributed by atoms with Crippen LogP contribution in [0.5, 0.6) is 0 Å². The first-order chi connectivity index (χ1) is 25.9. The quantitative estimate of drug-likeness (QED) is 0.0327. The summed E-state index contributed by atoms with van der Waals surface area (Å²) in [4.78, 5) is 76.5. The third kappa shape index (κ3) is 12.3. The van der Waals surface area contributed by atoms with E-state index in [0.29, 0.717) is 41.9 Å². The number of anilines is 3. The number of ketones is 1. The van der Waals surface area contributed by atoms with Crippen molar-refractivity contribution in [1.29, 1.82) is 0 Å². The second-order valence-corrected chi connectivity index (χ2v) is 13.4. The summed E-state index contributed by atoms with van der Waals surface area (Å²) in [6.07, 6.45) is 2.81. The molecule has 19 heteroatoms. The lowest BCUT2D eigenvalue weighted by molar-refractivity contribution is -0.140. The van der Waals surface area contributed by atoms with Gasteiger partial charge in [-0.15, -0.1) is 0 Å². The van der Waals surface area contributed by atoms with Crippen LogP contribution in [0.15, 0.2) is 59.5 Å². The number of amides is 1. The summed E-state index contributed by atoms with van der Waals surface area (Å²) in [6.45, 7) is 4.11. The molecular formula is C35H42N7O11P. The molecule has 0 aliphatic rings. The lowest BCUT2D eigenvalue weighted by Crippen LogP contribution is -2.41. The second-order valence-electron chi connectivity index (χ2n) is 11.7. The van der Waals surface area contributed by atoms with Gasteiger partial charge in [0, 0.05) is 29.7 Å². The molecule has 6 N–H and O–H groups in total. The topological polar surface area (TPSA) is 261 Å². The molecule has 4 aromatic rings. The zero-order chi connectivity index (χ0) is 39.1. The van der Waals surface area contributed by atoms with Gasteiger partial charge in [-0.05, 0) is 69.5 Å². The number of benzene rings is 2. The van der Waals surface area contributed by atoms with E-state index in [1.807, 2.05) is 0 Å². The van der Waals surface area contributed by atoms with Crippen molar-refractivity contribution >= 4 is 59.9 Å². The molecule has 0 fully saturated rings. The number of carboxylic acid groups (broad SMARTS) is 2. The van der Waals surface area contributed by atoms with Gasteiger partial charge in [-0.2, -0.15) is 4.98 Å². The molecule has 0 spiro atoms. The Hall–Kier alpha value is -5.55. The average Bonchev–Trinajstić information content (AvgIpc) is 3.14. The second kappa shape index (κ2) is 20.1. The van der Waals surface area contributed by atoms with Gasteiger partial charge >= 0.3 is 19.8 Å². The van der Waals surface area contributed by atoms with Gasteiger partial charge in [0.25, 0.3) is 11.5 Å². The van der Waals surface area contributed by atoms with E-state index in [0.717, 1.165) is 0 Å². The zero-order valence-electron chi connectivity index (χ0n) is 29.7. The maximum Gasteiger partial charge on any atom is 0.474 e. The smallest absolute Gasteiger partial charge is 0.474 e. The minimum Gasteiger partial charge on any atom is -0.481 e. The Bertz CT molecular complexity index is 2030. The van der Waals surface area contributed by atoms with Crippen LogP contribution in [0.25, 0.3) is 11.2 Å². The van der Waals surface area contributed by atoms with Crippen molar-refractivity contribution in [1.82, 2.24) is 25.3 Å². The standard InChI is InChI=1S/C35H42N7O11P/c1-3-51-54(50,52-4-2)53-19-9-5-6-12-28(43)25-10-7-8-11-26(25)40-35-41-31-30(33(47)42-35)38-24(21-37-31)20-36-23-15-13-22(14-16-23)32(46)39-27(34(48)49)17-18-29(44)45/h7-8,10-11,13-16,21,27,36H,3-6,9,12,17-20H2,1-2H3,(H,39,46)(H,44,45)(H,48,49)(H2,37,40,41,42,47)/t27-/m0/s1. The largest absolute Gasteiger partial charge is 0.481 e. The normalized spacial score (nSPS) is 11.9. The summed E-state index contributed by atoms with van der Waals surface area (Å²) in [5.74, 6) is -3.22. The number of phosphoric acid groups is 1. The van der Waals surface area contributed by atoms with Crippen molar-refractivity contribution in [3.8, 4) is 0 Å². The Labute approximate surface area is 309 Å². The van der Waals surface area contributed by atoms with Gasteiger partial charge in [0.1, 0.15) is 6.04 Å².